The minimum absolute atomic E-state index is 0.0489. The van der Waals surface area contributed by atoms with Crippen LogP contribution in [-0.4, -0.2) is 30.9 Å². The Kier molecular flexibility index (Phi) is 3.75. The van der Waals surface area contributed by atoms with E-state index in [9.17, 15) is 9.18 Å². The van der Waals surface area contributed by atoms with Crippen molar-refractivity contribution in [2.24, 2.45) is 5.41 Å². The van der Waals surface area contributed by atoms with E-state index in [1.807, 2.05) is 6.92 Å². The van der Waals surface area contributed by atoms with Crippen LogP contribution in [0.25, 0.3) is 0 Å². The van der Waals surface area contributed by atoms with Crippen LogP contribution in [0.2, 0.25) is 0 Å². The first-order valence-corrected chi connectivity index (χ1v) is 6.43. The number of nitrogens with two attached hydrogens (primary N) is 1. The van der Waals surface area contributed by atoms with Crippen molar-refractivity contribution in [3.63, 3.8) is 0 Å². The number of hydrogen-bond acceptors (Lipinski definition) is 3. The maximum Gasteiger partial charge on any atom is 0.227 e. The Morgan fingerprint density at radius 3 is 2.95 bits per heavy atom. The number of hydrogen-bond donors (Lipinski definition) is 2. The highest BCUT2D eigenvalue weighted by Gasteiger charge is 2.39. The van der Waals surface area contributed by atoms with Crippen LogP contribution >= 0.6 is 0 Å². The van der Waals surface area contributed by atoms with Crippen molar-refractivity contribution in [1.29, 1.82) is 0 Å². The van der Waals surface area contributed by atoms with E-state index in [-0.39, 0.29) is 17.1 Å². The highest BCUT2D eigenvalue weighted by atomic mass is 19.1. The predicted octanol–water partition coefficient (Wildman–Crippen LogP) is 1.37. The molecule has 1 aromatic carbocycles. The number of carbonyl (C=O) groups is 1. The van der Waals surface area contributed by atoms with Gasteiger partial charge in [-0.3, -0.25) is 9.69 Å². The van der Waals surface area contributed by atoms with E-state index in [2.05, 4.69) is 10.2 Å². The third-order valence-corrected chi connectivity index (χ3v) is 3.80. The number of nitrogens with zero attached hydrogens (tertiary/aromatic N) is 1. The zero-order valence-corrected chi connectivity index (χ0v) is 11.4. The molecule has 0 bridgehead atoms. The van der Waals surface area contributed by atoms with Crippen molar-refractivity contribution in [2.45, 2.75) is 19.9 Å². The first kappa shape index (κ1) is 13.8. The standard InChI is InChI=1S/C14H20FN3O/c1-14(13(19)17-2)5-6-18(9-14)8-10-3-4-11(16)7-12(10)15/h3-4,7H,5-6,8-9,16H2,1-2H3,(H,17,19). The lowest BCUT2D eigenvalue weighted by Crippen LogP contribution is -2.39. The average Bonchev–Trinajstić information content (AvgIpc) is 2.75. The molecular weight excluding hydrogens is 245 g/mol. The Labute approximate surface area is 112 Å². The summed E-state index contributed by atoms with van der Waals surface area (Å²) >= 11 is 0. The van der Waals surface area contributed by atoms with Crippen LogP contribution in [-0.2, 0) is 11.3 Å². The SMILES string of the molecule is CNC(=O)C1(C)CCN(Cc2ccc(N)cc2F)C1. The first-order chi connectivity index (χ1) is 8.94. The van der Waals surface area contributed by atoms with Gasteiger partial charge in [0.05, 0.1) is 5.41 Å². The molecule has 1 unspecified atom stereocenters. The molecule has 1 aliphatic heterocycles. The van der Waals surface area contributed by atoms with Crippen LogP contribution in [0.1, 0.15) is 18.9 Å². The maximum absolute atomic E-state index is 13.7. The molecule has 0 radical (unpaired) electrons. The van der Waals surface area contributed by atoms with Crippen molar-refractivity contribution < 1.29 is 9.18 Å². The minimum Gasteiger partial charge on any atom is -0.399 e. The Balaban J connectivity index is 2.04. The molecule has 1 saturated heterocycles. The van der Waals surface area contributed by atoms with E-state index < -0.39 is 0 Å². The fourth-order valence-corrected chi connectivity index (χ4v) is 2.61. The van der Waals surface area contributed by atoms with Gasteiger partial charge in [-0.25, -0.2) is 4.39 Å². The zero-order chi connectivity index (χ0) is 14.0. The molecule has 19 heavy (non-hydrogen) atoms. The topological polar surface area (TPSA) is 58.4 Å². The number of nitrogen functional groups attached to an aromatic ring is 1. The number of anilines is 1. The van der Waals surface area contributed by atoms with Gasteiger partial charge in [0, 0.05) is 31.4 Å². The molecule has 1 heterocycles. The molecule has 2 rings (SSSR count). The highest BCUT2D eigenvalue weighted by Crippen LogP contribution is 2.31. The maximum atomic E-state index is 13.7. The van der Waals surface area contributed by atoms with Crippen molar-refractivity contribution in [1.82, 2.24) is 10.2 Å². The quantitative estimate of drug-likeness (QED) is 0.811. The zero-order valence-electron chi connectivity index (χ0n) is 11.4. The summed E-state index contributed by atoms with van der Waals surface area (Å²) in [6.07, 6.45) is 0.795. The van der Waals surface area contributed by atoms with Gasteiger partial charge in [0.1, 0.15) is 5.82 Å². The fraction of sp³-hybridized carbons (Fsp3) is 0.500. The van der Waals surface area contributed by atoms with Gasteiger partial charge in [0.2, 0.25) is 5.91 Å². The van der Waals surface area contributed by atoms with E-state index in [1.54, 1.807) is 19.2 Å². The molecule has 1 aliphatic rings. The Hall–Kier alpha value is -1.62. The van der Waals surface area contributed by atoms with E-state index in [0.29, 0.717) is 24.3 Å². The summed E-state index contributed by atoms with van der Waals surface area (Å²) in [7, 11) is 1.65. The van der Waals surface area contributed by atoms with Crippen LogP contribution in [0.5, 0.6) is 0 Å². The van der Waals surface area contributed by atoms with Crippen LogP contribution < -0.4 is 11.1 Å². The number of halogens is 1. The molecule has 3 N–H and O–H groups in total. The van der Waals surface area contributed by atoms with Gasteiger partial charge in [-0.2, -0.15) is 0 Å². The second-order valence-corrected chi connectivity index (χ2v) is 5.45. The van der Waals surface area contributed by atoms with Crippen molar-refractivity contribution >= 4 is 11.6 Å². The molecule has 0 aliphatic carbocycles. The van der Waals surface area contributed by atoms with E-state index >= 15 is 0 Å². The van der Waals surface area contributed by atoms with Gasteiger partial charge in [0.25, 0.3) is 0 Å². The number of carbonyl (C=O) groups excluding carboxylic acids is 1. The van der Waals surface area contributed by atoms with Crippen LogP contribution in [0.3, 0.4) is 0 Å². The molecule has 104 valence electrons. The van der Waals surface area contributed by atoms with Crippen LogP contribution in [0.4, 0.5) is 10.1 Å². The summed E-state index contributed by atoms with van der Waals surface area (Å²) in [6, 6.07) is 4.75. The number of amides is 1. The Morgan fingerprint density at radius 1 is 1.58 bits per heavy atom. The Bertz CT molecular complexity index is 492. The molecule has 1 aromatic rings. The smallest absolute Gasteiger partial charge is 0.227 e. The summed E-state index contributed by atoms with van der Waals surface area (Å²) in [5.74, 6) is -0.235. The van der Waals surface area contributed by atoms with E-state index in [4.69, 9.17) is 5.73 Å². The molecule has 1 fully saturated rings. The normalized spacial score (nSPS) is 23.5. The van der Waals surface area contributed by atoms with Gasteiger partial charge < -0.3 is 11.1 Å². The summed E-state index contributed by atoms with van der Waals surface area (Å²) < 4.78 is 13.7. The summed E-state index contributed by atoms with van der Waals surface area (Å²) in [6.45, 7) is 3.91. The minimum atomic E-state index is -0.376. The molecule has 5 heteroatoms. The molecule has 1 amide bonds. The van der Waals surface area contributed by atoms with Gasteiger partial charge in [-0.05, 0) is 32.0 Å². The number of rotatable bonds is 3. The first-order valence-electron chi connectivity index (χ1n) is 6.43. The van der Waals surface area contributed by atoms with E-state index in [0.717, 1.165) is 13.0 Å². The highest BCUT2D eigenvalue weighted by molar-refractivity contribution is 5.82. The summed E-state index contributed by atoms with van der Waals surface area (Å²) in [4.78, 5) is 13.9. The van der Waals surface area contributed by atoms with Crippen LogP contribution in [0, 0.1) is 11.2 Å². The number of benzene rings is 1. The lowest BCUT2D eigenvalue weighted by atomic mass is 9.89. The van der Waals surface area contributed by atoms with Crippen molar-refractivity contribution in [3.05, 3.63) is 29.6 Å². The average molecular weight is 265 g/mol. The van der Waals surface area contributed by atoms with Crippen molar-refractivity contribution in [3.8, 4) is 0 Å². The monoisotopic (exact) mass is 265 g/mol. The summed E-state index contributed by atoms with van der Waals surface area (Å²) in [5.41, 5.74) is 6.20. The second kappa shape index (κ2) is 5.17. The fourth-order valence-electron chi connectivity index (χ4n) is 2.61. The molecule has 0 aromatic heterocycles. The molecule has 4 nitrogen and oxygen atoms in total. The van der Waals surface area contributed by atoms with Gasteiger partial charge >= 0.3 is 0 Å². The third kappa shape index (κ3) is 2.87. The lowest BCUT2D eigenvalue weighted by Gasteiger charge is -2.23. The summed E-state index contributed by atoms with van der Waals surface area (Å²) in [5, 5.41) is 2.69. The molecular formula is C14H20FN3O. The molecule has 0 spiro atoms. The third-order valence-electron chi connectivity index (χ3n) is 3.80. The van der Waals surface area contributed by atoms with Gasteiger partial charge in [0.15, 0.2) is 0 Å². The molecule has 0 saturated carbocycles. The van der Waals surface area contributed by atoms with Gasteiger partial charge in [-0.15, -0.1) is 0 Å². The van der Waals surface area contributed by atoms with E-state index in [1.165, 1.54) is 6.07 Å². The van der Waals surface area contributed by atoms with Crippen LogP contribution in [0.15, 0.2) is 18.2 Å². The Morgan fingerprint density at radius 2 is 2.32 bits per heavy atom. The predicted molar refractivity (Wildman–Crippen MR) is 72.9 cm³/mol. The second-order valence-electron chi connectivity index (χ2n) is 5.45. The lowest BCUT2D eigenvalue weighted by molar-refractivity contribution is -0.129. The number of likely N-dealkylation sites (tertiary alicyclic amines) is 1. The van der Waals surface area contributed by atoms with Crippen molar-refractivity contribution in [2.75, 3.05) is 25.9 Å². The van der Waals surface area contributed by atoms with Gasteiger partial charge in [-0.1, -0.05) is 6.07 Å². The number of nitrogens with one attached hydrogen (secondary N) is 1. The largest absolute Gasteiger partial charge is 0.399 e. The molecule has 1 atom stereocenters.